The van der Waals surface area contributed by atoms with Crippen LogP contribution in [0, 0.1) is 0 Å². The summed E-state index contributed by atoms with van der Waals surface area (Å²) in [6.45, 7) is 5.95. The van der Waals surface area contributed by atoms with Crippen LogP contribution in [0.3, 0.4) is 0 Å². The predicted octanol–water partition coefficient (Wildman–Crippen LogP) is 5.38. The number of para-hydroxylation sites is 1. The Morgan fingerprint density at radius 2 is 2.00 bits per heavy atom. The number of fused-ring (bicyclic) bond motifs is 1. The molecule has 1 aromatic heterocycles. The predicted molar refractivity (Wildman–Crippen MR) is 94.4 cm³/mol. The number of carboxylic acid groups (broad SMARTS) is 1. The van der Waals surface area contributed by atoms with Crippen molar-refractivity contribution in [3.05, 3.63) is 65.5 Å². The van der Waals surface area contributed by atoms with E-state index in [4.69, 9.17) is 9.52 Å². The molecule has 0 aliphatic heterocycles. The zero-order chi connectivity index (χ0) is 16.8. The van der Waals surface area contributed by atoms with Crippen molar-refractivity contribution in [3.63, 3.8) is 0 Å². The summed E-state index contributed by atoms with van der Waals surface area (Å²) in [7, 11) is 0. The molecule has 1 aromatic carbocycles. The molecule has 0 saturated heterocycles. The minimum Gasteiger partial charge on any atom is -0.478 e. The Labute approximate surface area is 136 Å². The van der Waals surface area contributed by atoms with Crippen LogP contribution in [-0.4, -0.2) is 11.1 Å². The van der Waals surface area contributed by atoms with E-state index in [0.717, 1.165) is 40.7 Å². The molecule has 2 aromatic rings. The van der Waals surface area contributed by atoms with Gasteiger partial charge in [0.2, 0.25) is 0 Å². The lowest BCUT2D eigenvalue weighted by Gasteiger charge is -2.02. The van der Waals surface area contributed by atoms with Crippen LogP contribution in [0.1, 0.15) is 38.5 Å². The topological polar surface area (TPSA) is 50.4 Å². The van der Waals surface area contributed by atoms with Gasteiger partial charge in [-0.2, -0.15) is 0 Å². The number of hydrogen-bond donors (Lipinski definition) is 1. The molecule has 0 spiro atoms. The van der Waals surface area contributed by atoms with Crippen molar-refractivity contribution < 1.29 is 14.3 Å². The Balaban J connectivity index is 2.38. The molecular formula is C20H22O3. The number of aliphatic carboxylic acids is 1. The maximum absolute atomic E-state index is 10.6. The van der Waals surface area contributed by atoms with Crippen molar-refractivity contribution in [2.24, 2.45) is 0 Å². The Bertz CT molecular complexity index is 788. The normalized spacial score (nSPS) is 13.2. The molecule has 3 heteroatoms. The molecule has 2 rings (SSSR count). The highest BCUT2D eigenvalue weighted by molar-refractivity contribution is 5.92. The molecule has 0 radical (unpaired) electrons. The van der Waals surface area contributed by atoms with E-state index in [9.17, 15) is 4.79 Å². The second-order valence-corrected chi connectivity index (χ2v) is 5.58. The molecule has 3 nitrogen and oxygen atoms in total. The van der Waals surface area contributed by atoms with Crippen LogP contribution in [0.4, 0.5) is 0 Å². The second-order valence-electron chi connectivity index (χ2n) is 5.58. The standard InChI is InChI=1S/C20H22O3/c1-4-8-18-20(16-11-5-6-12-17(16)23-18)15(3)10-7-9-14(2)13-19(21)22/h5-7,9-13H,4,8H2,1-3H3,(H,21,22)/b9-7+,14-13+,15-10-. The van der Waals surface area contributed by atoms with Crippen molar-refractivity contribution in [1.82, 2.24) is 0 Å². The molecular weight excluding hydrogens is 288 g/mol. The van der Waals surface area contributed by atoms with Gasteiger partial charge in [-0.3, -0.25) is 0 Å². The first kappa shape index (κ1) is 16.8. The number of furan rings is 1. The molecule has 0 aliphatic rings. The first-order chi connectivity index (χ1) is 11.0. The Kier molecular flexibility index (Phi) is 5.58. The number of carbonyl (C=O) groups is 1. The van der Waals surface area contributed by atoms with Crippen molar-refractivity contribution in [2.75, 3.05) is 0 Å². The van der Waals surface area contributed by atoms with Crippen molar-refractivity contribution >= 4 is 22.5 Å². The number of allylic oxidation sites excluding steroid dienone is 5. The number of rotatable bonds is 6. The van der Waals surface area contributed by atoms with E-state index < -0.39 is 5.97 Å². The lowest BCUT2D eigenvalue weighted by Crippen LogP contribution is -1.88. The molecule has 1 N–H and O–H groups in total. The maximum Gasteiger partial charge on any atom is 0.328 e. The lowest BCUT2D eigenvalue weighted by molar-refractivity contribution is -0.131. The van der Waals surface area contributed by atoms with Crippen molar-refractivity contribution in [1.29, 1.82) is 0 Å². The molecule has 0 saturated carbocycles. The van der Waals surface area contributed by atoms with Crippen molar-refractivity contribution in [2.45, 2.75) is 33.6 Å². The third kappa shape index (κ3) is 4.22. The average Bonchev–Trinajstić information content (AvgIpc) is 2.84. The largest absolute Gasteiger partial charge is 0.478 e. The highest BCUT2D eigenvalue weighted by Crippen LogP contribution is 2.32. The zero-order valence-electron chi connectivity index (χ0n) is 13.8. The van der Waals surface area contributed by atoms with Gasteiger partial charge in [-0.15, -0.1) is 0 Å². The average molecular weight is 310 g/mol. The highest BCUT2D eigenvalue weighted by Gasteiger charge is 2.13. The fourth-order valence-corrected chi connectivity index (χ4v) is 2.60. The first-order valence-electron chi connectivity index (χ1n) is 7.80. The van der Waals surface area contributed by atoms with E-state index in [2.05, 4.69) is 19.9 Å². The van der Waals surface area contributed by atoms with Gasteiger partial charge in [0.15, 0.2) is 0 Å². The molecule has 0 fully saturated rings. The van der Waals surface area contributed by atoms with Crippen LogP contribution in [0.5, 0.6) is 0 Å². The molecule has 23 heavy (non-hydrogen) atoms. The third-order valence-electron chi connectivity index (χ3n) is 3.60. The smallest absolute Gasteiger partial charge is 0.328 e. The summed E-state index contributed by atoms with van der Waals surface area (Å²) in [4.78, 5) is 10.6. The fraction of sp³-hybridized carbons (Fsp3) is 0.250. The molecule has 120 valence electrons. The fourth-order valence-electron chi connectivity index (χ4n) is 2.60. The summed E-state index contributed by atoms with van der Waals surface area (Å²) in [5, 5.41) is 9.84. The number of benzene rings is 1. The van der Waals surface area contributed by atoms with Gasteiger partial charge >= 0.3 is 5.97 Å². The molecule has 1 heterocycles. The second kappa shape index (κ2) is 7.63. The van der Waals surface area contributed by atoms with Crippen LogP contribution in [0.15, 0.2) is 58.6 Å². The number of aryl methyl sites for hydroxylation is 1. The SMILES string of the molecule is CCCc1oc2ccccc2c1\C(C)=C/C=C/C(C)=C/C(=O)O. The zero-order valence-corrected chi connectivity index (χ0v) is 13.8. The number of hydrogen-bond acceptors (Lipinski definition) is 2. The summed E-state index contributed by atoms with van der Waals surface area (Å²) in [6.07, 6.45) is 8.78. The van der Waals surface area contributed by atoms with E-state index in [-0.39, 0.29) is 0 Å². The van der Waals surface area contributed by atoms with Crippen LogP contribution in [0.25, 0.3) is 16.5 Å². The molecule has 0 bridgehead atoms. The maximum atomic E-state index is 10.6. The van der Waals surface area contributed by atoms with E-state index in [1.807, 2.05) is 30.4 Å². The molecule has 0 unspecified atom stereocenters. The van der Waals surface area contributed by atoms with Gasteiger partial charge in [0.25, 0.3) is 0 Å². The lowest BCUT2D eigenvalue weighted by atomic mass is 10.0. The minimum absolute atomic E-state index is 0.701. The Morgan fingerprint density at radius 3 is 2.70 bits per heavy atom. The van der Waals surface area contributed by atoms with E-state index in [1.165, 1.54) is 6.08 Å². The first-order valence-corrected chi connectivity index (χ1v) is 7.80. The molecule has 0 aliphatic carbocycles. The van der Waals surface area contributed by atoms with Gasteiger partial charge in [-0.1, -0.05) is 43.4 Å². The van der Waals surface area contributed by atoms with Gasteiger partial charge < -0.3 is 9.52 Å². The number of carboxylic acids is 1. The van der Waals surface area contributed by atoms with Gasteiger partial charge in [0, 0.05) is 23.4 Å². The van der Waals surface area contributed by atoms with Gasteiger partial charge in [-0.05, 0) is 37.5 Å². The molecule has 0 atom stereocenters. The van der Waals surface area contributed by atoms with Crippen LogP contribution in [-0.2, 0) is 11.2 Å². The minimum atomic E-state index is -0.932. The highest BCUT2D eigenvalue weighted by atomic mass is 16.4. The quantitative estimate of drug-likeness (QED) is 0.576. The van der Waals surface area contributed by atoms with E-state index in [0.29, 0.717) is 5.57 Å². The van der Waals surface area contributed by atoms with Crippen LogP contribution < -0.4 is 0 Å². The summed E-state index contributed by atoms with van der Waals surface area (Å²) < 4.78 is 5.99. The van der Waals surface area contributed by atoms with Gasteiger partial charge in [0.1, 0.15) is 11.3 Å². The summed E-state index contributed by atoms with van der Waals surface area (Å²) >= 11 is 0. The summed E-state index contributed by atoms with van der Waals surface area (Å²) in [5.41, 5.74) is 3.86. The molecule has 0 amide bonds. The van der Waals surface area contributed by atoms with Gasteiger partial charge in [0.05, 0.1) is 0 Å². The Hall–Kier alpha value is -2.55. The Morgan fingerprint density at radius 1 is 1.26 bits per heavy atom. The van der Waals surface area contributed by atoms with Crippen LogP contribution >= 0.6 is 0 Å². The van der Waals surface area contributed by atoms with Crippen LogP contribution in [0.2, 0.25) is 0 Å². The van der Waals surface area contributed by atoms with Gasteiger partial charge in [-0.25, -0.2) is 4.79 Å². The van der Waals surface area contributed by atoms with E-state index >= 15 is 0 Å². The monoisotopic (exact) mass is 310 g/mol. The summed E-state index contributed by atoms with van der Waals surface area (Å²) in [5.74, 6) is 0.0764. The third-order valence-corrected chi connectivity index (χ3v) is 3.60. The summed E-state index contributed by atoms with van der Waals surface area (Å²) in [6, 6.07) is 8.05. The van der Waals surface area contributed by atoms with Crippen molar-refractivity contribution in [3.8, 4) is 0 Å². The van der Waals surface area contributed by atoms with E-state index in [1.54, 1.807) is 13.0 Å².